The summed E-state index contributed by atoms with van der Waals surface area (Å²) in [7, 11) is -3.93. The largest absolute Gasteiger partial charge is 0.379 e. The third kappa shape index (κ3) is 3.42. The number of hydrogen-bond acceptors (Lipinski definition) is 4. The SMILES string of the molecule is Cc1ccc(OS(=O)(=O)c2c(C)nn(C(C)(C)C)c2C)cc1C. The van der Waals surface area contributed by atoms with Gasteiger partial charge in [-0.25, -0.2) is 0 Å². The molecule has 0 saturated heterocycles. The van der Waals surface area contributed by atoms with Crippen molar-refractivity contribution in [3.8, 4) is 5.75 Å². The summed E-state index contributed by atoms with van der Waals surface area (Å²) in [5, 5.41) is 4.38. The smallest absolute Gasteiger partial charge is 0.342 e. The number of nitrogens with zero attached hydrogens (tertiary/aromatic N) is 2. The van der Waals surface area contributed by atoms with E-state index in [-0.39, 0.29) is 10.4 Å². The molecule has 0 aliphatic heterocycles. The average molecular weight is 336 g/mol. The summed E-state index contributed by atoms with van der Waals surface area (Å²) in [5.74, 6) is 0.315. The van der Waals surface area contributed by atoms with Gasteiger partial charge in [0.25, 0.3) is 0 Å². The van der Waals surface area contributed by atoms with E-state index < -0.39 is 10.1 Å². The average Bonchev–Trinajstić information content (AvgIpc) is 2.69. The van der Waals surface area contributed by atoms with Crippen LogP contribution in [0.4, 0.5) is 0 Å². The zero-order valence-corrected chi connectivity index (χ0v) is 15.6. The topological polar surface area (TPSA) is 61.2 Å². The minimum atomic E-state index is -3.93. The predicted molar refractivity (Wildman–Crippen MR) is 90.4 cm³/mol. The van der Waals surface area contributed by atoms with E-state index >= 15 is 0 Å². The molecule has 2 rings (SSSR count). The van der Waals surface area contributed by atoms with Crippen LogP contribution in [-0.2, 0) is 15.7 Å². The van der Waals surface area contributed by atoms with Gasteiger partial charge in [0.1, 0.15) is 10.6 Å². The van der Waals surface area contributed by atoms with Crippen molar-refractivity contribution in [1.29, 1.82) is 0 Å². The molecule has 0 amide bonds. The summed E-state index contributed by atoms with van der Waals surface area (Å²) in [6.45, 7) is 13.3. The Hall–Kier alpha value is -1.82. The molecule has 0 aliphatic carbocycles. The molecule has 0 fully saturated rings. The first-order chi connectivity index (χ1) is 10.4. The number of benzene rings is 1. The van der Waals surface area contributed by atoms with E-state index in [9.17, 15) is 8.42 Å². The van der Waals surface area contributed by atoms with Crippen LogP contribution in [0.3, 0.4) is 0 Å². The van der Waals surface area contributed by atoms with Gasteiger partial charge >= 0.3 is 10.1 Å². The maximum atomic E-state index is 12.7. The quantitative estimate of drug-likeness (QED) is 0.803. The lowest BCUT2D eigenvalue weighted by atomic mass is 10.1. The fourth-order valence-corrected chi connectivity index (χ4v) is 3.87. The molecule has 1 heterocycles. The van der Waals surface area contributed by atoms with Crippen molar-refractivity contribution in [1.82, 2.24) is 9.78 Å². The highest BCUT2D eigenvalue weighted by Gasteiger charge is 2.30. The maximum absolute atomic E-state index is 12.7. The standard InChI is InChI=1S/C17H24N2O3S/c1-11-8-9-15(10-12(11)2)22-23(20,21)16-13(3)18-19(14(16)4)17(5,6)7/h8-10H,1-7H3. The first-order valence-corrected chi connectivity index (χ1v) is 8.93. The number of hydrogen-bond donors (Lipinski definition) is 0. The molecule has 2 aromatic rings. The number of aryl methyl sites for hydroxylation is 3. The first kappa shape index (κ1) is 17.5. The van der Waals surface area contributed by atoms with E-state index in [1.807, 2.05) is 40.7 Å². The van der Waals surface area contributed by atoms with Gasteiger partial charge in [-0.15, -0.1) is 0 Å². The van der Waals surface area contributed by atoms with Gasteiger partial charge in [-0.3, -0.25) is 4.68 Å². The summed E-state index contributed by atoms with van der Waals surface area (Å²) in [5.41, 5.74) is 2.79. The Morgan fingerprint density at radius 3 is 2.13 bits per heavy atom. The van der Waals surface area contributed by atoms with Crippen LogP contribution in [0.25, 0.3) is 0 Å². The van der Waals surface area contributed by atoms with Gasteiger partial charge in [-0.05, 0) is 71.7 Å². The molecule has 23 heavy (non-hydrogen) atoms. The molecule has 0 unspecified atom stereocenters. The van der Waals surface area contributed by atoms with Crippen molar-refractivity contribution in [3.63, 3.8) is 0 Å². The van der Waals surface area contributed by atoms with Crippen LogP contribution >= 0.6 is 0 Å². The fraction of sp³-hybridized carbons (Fsp3) is 0.471. The predicted octanol–water partition coefficient (Wildman–Crippen LogP) is 3.64. The highest BCUT2D eigenvalue weighted by Crippen LogP contribution is 2.28. The lowest BCUT2D eigenvalue weighted by Gasteiger charge is -2.21. The third-order valence-corrected chi connectivity index (χ3v) is 5.30. The zero-order chi connectivity index (χ0) is 17.6. The normalized spacial score (nSPS) is 12.5. The highest BCUT2D eigenvalue weighted by atomic mass is 32.2. The Morgan fingerprint density at radius 2 is 1.65 bits per heavy atom. The molecule has 6 heteroatoms. The van der Waals surface area contributed by atoms with E-state index in [4.69, 9.17) is 4.18 Å². The minimum Gasteiger partial charge on any atom is -0.379 e. The fourth-order valence-electron chi connectivity index (χ4n) is 2.58. The molecule has 5 nitrogen and oxygen atoms in total. The molecule has 1 aromatic carbocycles. The van der Waals surface area contributed by atoms with Crippen LogP contribution in [0.1, 0.15) is 43.3 Å². The zero-order valence-electron chi connectivity index (χ0n) is 14.8. The van der Waals surface area contributed by atoms with Crippen molar-refractivity contribution >= 4 is 10.1 Å². The van der Waals surface area contributed by atoms with Crippen LogP contribution in [-0.4, -0.2) is 18.2 Å². The van der Waals surface area contributed by atoms with Crippen LogP contribution in [0.2, 0.25) is 0 Å². The molecule has 0 aliphatic rings. The van der Waals surface area contributed by atoms with E-state index in [0.717, 1.165) is 11.1 Å². The molecule has 0 bridgehead atoms. The van der Waals surface area contributed by atoms with Gasteiger partial charge < -0.3 is 4.18 Å². The molecule has 1 aromatic heterocycles. The van der Waals surface area contributed by atoms with Crippen molar-refractivity contribution in [2.75, 3.05) is 0 Å². The van der Waals surface area contributed by atoms with Crippen molar-refractivity contribution in [2.24, 2.45) is 0 Å². The van der Waals surface area contributed by atoms with Crippen molar-refractivity contribution < 1.29 is 12.6 Å². The molecule has 0 atom stereocenters. The van der Waals surface area contributed by atoms with E-state index in [1.165, 1.54) is 0 Å². The summed E-state index contributed by atoms with van der Waals surface area (Å²) in [6, 6.07) is 5.24. The first-order valence-electron chi connectivity index (χ1n) is 7.52. The van der Waals surface area contributed by atoms with Gasteiger partial charge in [0, 0.05) is 0 Å². The minimum absolute atomic E-state index is 0.144. The molecule has 0 saturated carbocycles. The molecule has 0 radical (unpaired) electrons. The molecular formula is C17H24N2O3S. The summed E-state index contributed by atoms with van der Waals surface area (Å²) < 4.78 is 32.5. The second-order valence-electron chi connectivity index (χ2n) is 6.87. The van der Waals surface area contributed by atoms with Gasteiger partial charge in [-0.2, -0.15) is 13.5 Å². The molecule has 0 spiro atoms. The Morgan fingerprint density at radius 1 is 1.04 bits per heavy atom. The van der Waals surface area contributed by atoms with Crippen molar-refractivity contribution in [2.45, 2.75) is 58.9 Å². The van der Waals surface area contributed by atoms with Gasteiger partial charge in [0.15, 0.2) is 0 Å². The number of aromatic nitrogens is 2. The van der Waals surface area contributed by atoms with E-state index in [0.29, 0.717) is 17.1 Å². The Balaban J connectivity index is 2.48. The highest BCUT2D eigenvalue weighted by molar-refractivity contribution is 7.87. The third-order valence-electron chi connectivity index (χ3n) is 3.79. The van der Waals surface area contributed by atoms with E-state index in [2.05, 4.69) is 5.10 Å². The Bertz CT molecular complexity index is 843. The van der Waals surface area contributed by atoms with Crippen LogP contribution in [0.5, 0.6) is 5.75 Å². The molecule has 0 N–H and O–H groups in total. The van der Waals surface area contributed by atoms with Crippen LogP contribution in [0, 0.1) is 27.7 Å². The van der Waals surface area contributed by atoms with Crippen molar-refractivity contribution in [3.05, 3.63) is 40.7 Å². The molecular weight excluding hydrogens is 312 g/mol. The summed E-state index contributed by atoms with van der Waals surface area (Å²) >= 11 is 0. The summed E-state index contributed by atoms with van der Waals surface area (Å²) in [6.07, 6.45) is 0. The monoisotopic (exact) mass is 336 g/mol. The van der Waals surface area contributed by atoms with Gasteiger partial charge in [0.05, 0.1) is 16.9 Å². The lowest BCUT2D eigenvalue weighted by molar-refractivity contribution is 0.345. The van der Waals surface area contributed by atoms with Crippen LogP contribution < -0.4 is 4.18 Å². The van der Waals surface area contributed by atoms with Gasteiger partial charge in [-0.1, -0.05) is 6.07 Å². The maximum Gasteiger partial charge on any atom is 0.342 e. The second-order valence-corrected chi connectivity index (χ2v) is 8.35. The van der Waals surface area contributed by atoms with Gasteiger partial charge in [0.2, 0.25) is 0 Å². The lowest BCUT2D eigenvalue weighted by Crippen LogP contribution is -2.24. The summed E-state index contributed by atoms with van der Waals surface area (Å²) in [4.78, 5) is 0.144. The van der Waals surface area contributed by atoms with Crippen LogP contribution in [0.15, 0.2) is 23.1 Å². The van der Waals surface area contributed by atoms with E-state index in [1.54, 1.807) is 30.7 Å². The second kappa shape index (κ2) is 5.67. The Labute approximate surface area is 138 Å². The Kier molecular flexibility index (Phi) is 4.32. The molecule has 126 valence electrons. The number of rotatable bonds is 3.